The van der Waals surface area contributed by atoms with Gasteiger partial charge < -0.3 is 10.2 Å². The number of anilines is 2. The van der Waals surface area contributed by atoms with Crippen LogP contribution in [0.5, 0.6) is 0 Å². The standard InChI is InChI=1S/C21H21N5O2/c1-15(27)17-4-3-5-18(14-17)24-20(28)19-8-12-23-21(25-19)26(2)13-9-16-6-10-22-11-7-16/h3-8,10-12,14H,9,13H2,1-2H3,(H,24,28). The van der Waals surface area contributed by atoms with Crippen molar-refractivity contribution in [2.45, 2.75) is 13.3 Å². The minimum atomic E-state index is -0.355. The SMILES string of the molecule is CC(=O)c1cccc(NC(=O)c2ccnc(N(C)CCc3ccncc3)n2)c1. The Morgan fingerprint density at radius 2 is 1.86 bits per heavy atom. The Bertz CT molecular complexity index is 975. The fourth-order valence-corrected chi connectivity index (χ4v) is 2.62. The molecule has 7 nitrogen and oxygen atoms in total. The van der Waals surface area contributed by atoms with E-state index < -0.39 is 0 Å². The molecular weight excluding hydrogens is 354 g/mol. The van der Waals surface area contributed by atoms with E-state index in [0.717, 1.165) is 6.42 Å². The minimum absolute atomic E-state index is 0.0590. The van der Waals surface area contributed by atoms with Crippen molar-refractivity contribution in [3.8, 4) is 0 Å². The third kappa shape index (κ3) is 4.97. The first-order valence-electron chi connectivity index (χ1n) is 8.88. The summed E-state index contributed by atoms with van der Waals surface area (Å²) in [6.45, 7) is 2.19. The summed E-state index contributed by atoms with van der Waals surface area (Å²) in [5.74, 6) is 0.0577. The predicted molar refractivity (Wildman–Crippen MR) is 108 cm³/mol. The van der Waals surface area contributed by atoms with Crippen LogP contribution < -0.4 is 10.2 Å². The van der Waals surface area contributed by atoms with Crippen molar-refractivity contribution in [1.29, 1.82) is 0 Å². The van der Waals surface area contributed by atoms with Crippen LogP contribution in [0.2, 0.25) is 0 Å². The summed E-state index contributed by atoms with van der Waals surface area (Å²) in [6, 6.07) is 12.3. The number of rotatable bonds is 7. The molecule has 142 valence electrons. The zero-order chi connectivity index (χ0) is 19.9. The molecule has 0 aliphatic carbocycles. The number of ketones is 1. The molecule has 0 saturated heterocycles. The molecule has 0 unspecified atom stereocenters. The molecule has 0 fully saturated rings. The summed E-state index contributed by atoms with van der Waals surface area (Å²) in [5.41, 5.74) is 2.51. The molecule has 2 aromatic heterocycles. The van der Waals surface area contributed by atoms with Gasteiger partial charge in [-0.15, -0.1) is 0 Å². The molecule has 1 aromatic carbocycles. The second kappa shape index (κ2) is 8.85. The third-order valence-corrected chi connectivity index (χ3v) is 4.23. The van der Waals surface area contributed by atoms with E-state index >= 15 is 0 Å². The summed E-state index contributed by atoms with van der Waals surface area (Å²) in [7, 11) is 1.88. The van der Waals surface area contributed by atoms with Crippen molar-refractivity contribution in [1.82, 2.24) is 15.0 Å². The number of carbonyl (C=O) groups is 2. The van der Waals surface area contributed by atoms with Gasteiger partial charge >= 0.3 is 0 Å². The molecule has 1 amide bonds. The lowest BCUT2D eigenvalue weighted by atomic mass is 10.1. The first kappa shape index (κ1) is 19.2. The average molecular weight is 375 g/mol. The third-order valence-electron chi connectivity index (χ3n) is 4.23. The van der Waals surface area contributed by atoms with Gasteiger partial charge in [-0.2, -0.15) is 0 Å². The molecule has 7 heteroatoms. The van der Waals surface area contributed by atoms with Crippen LogP contribution in [0.3, 0.4) is 0 Å². The Morgan fingerprint density at radius 3 is 2.61 bits per heavy atom. The van der Waals surface area contributed by atoms with E-state index in [1.807, 2.05) is 24.1 Å². The smallest absolute Gasteiger partial charge is 0.274 e. The molecule has 0 saturated carbocycles. The van der Waals surface area contributed by atoms with Gasteiger partial charge in [-0.1, -0.05) is 12.1 Å². The highest BCUT2D eigenvalue weighted by molar-refractivity contribution is 6.04. The van der Waals surface area contributed by atoms with Gasteiger partial charge in [0.2, 0.25) is 5.95 Å². The molecule has 1 N–H and O–H groups in total. The first-order valence-corrected chi connectivity index (χ1v) is 8.88. The summed E-state index contributed by atoms with van der Waals surface area (Å²) in [6.07, 6.45) is 5.90. The number of Topliss-reactive ketones (excluding diaryl/α,β-unsaturated/α-hetero) is 1. The van der Waals surface area contributed by atoms with E-state index in [-0.39, 0.29) is 17.4 Å². The van der Waals surface area contributed by atoms with Crippen molar-refractivity contribution in [3.05, 3.63) is 77.9 Å². The van der Waals surface area contributed by atoms with Gasteiger partial charge in [0.25, 0.3) is 5.91 Å². The molecule has 28 heavy (non-hydrogen) atoms. The van der Waals surface area contributed by atoms with Crippen LogP contribution in [-0.2, 0) is 6.42 Å². The Balaban J connectivity index is 1.67. The molecule has 0 aliphatic rings. The van der Waals surface area contributed by atoms with Gasteiger partial charge in [0, 0.05) is 43.4 Å². The highest BCUT2D eigenvalue weighted by Gasteiger charge is 2.12. The number of nitrogens with zero attached hydrogens (tertiary/aromatic N) is 4. The lowest BCUT2D eigenvalue weighted by molar-refractivity contribution is 0.100. The molecule has 0 radical (unpaired) electrons. The van der Waals surface area contributed by atoms with Crippen LogP contribution >= 0.6 is 0 Å². The highest BCUT2D eigenvalue weighted by atomic mass is 16.2. The van der Waals surface area contributed by atoms with Gasteiger partial charge in [-0.3, -0.25) is 14.6 Å². The lowest BCUT2D eigenvalue weighted by Gasteiger charge is -2.17. The number of amides is 1. The van der Waals surface area contributed by atoms with Gasteiger partial charge in [-0.25, -0.2) is 9.97 Å². The quantitative estimate of drug-likeness (QED) is 0.639. The maximum Gasteiger partial charge on any atom is 0.274 e. The van der Waals surface area contributed by atoms with Gasteiger partial charge in [0.1, 0.15) is 5.69 Å². The topological polar surface area (TPSA) is 88.1 Å². The normalized spacial score (nSPS) is 10.4. The van der Waals surface area contributed by atoms with Crippen LogP contribution in [0.15, 0.2) is 61.1 Å². The molecule has 3 aromatic rings. The second-order valence-corrected chi connectivity index (χ2v) is 6.36. The summed E-state index contributed by atoms with van der Waals surface area (Å²) in [4.78, 5) is 38.6. The van der Waals surface area contributed by atoms with Crippen LogP contribution in [0.25, 0.3) is 0 Å². The highest BCUT2D eigenvalue weighted by Crippen LogP contribution is 2.13. The number of benzene rings is 1. The Labute approximate surface area is 163 Å². The van der Waals surface area contributed by atoms with E-state index in [2.05, 4.69) is 20.3 Å². The van der Waals surface area contributed by atoms with E-state index in [1.54, 1.807) is 48.9 Å². The van der Waals surface area contributed by atoms with Crippen LogP contribution in [0.4, 0.5) is 11.6 Å². The van der Waals surface area contributed by atoms with E-state index in [0.29, 0.717) is 23.7 Å². The Hall–Kier alpha value is -3.61. The molecule has 0 atom stereocenters. The van der Waals surface area contributed by atoms with Crippen molar-refractivity contribution in [3.63, 3.8) is 0 Å². The number of carbonyl (C=O) groups excluding carboxylic acids is 2. The average Bonchev–Trinajstić information content (AvgIpc) is 2.73. The number of nitrogens with one attached hydrogen (secondary N) is 1. The van der Waals surface area contributed by atoms with Gasteiger partial charge in [0.05, 0.1) is 0 Å². The number of hydrogen-bond donors (Lipinski definition) is 1. The first-order chi connectivity index (χ1) is 13.5. The lowest BCUT2D eigenvalue weighted by Crippen LogP contribution is -2.24. The van der Waals surface area contributed by atoms with E-state index in [1.165, 1.54) is 12.5 Å². The maximum atomic E-state index is 12.5. The summed E-state index contributed by atoms with van der Waals surface area (Å²) < 4.78 is 0. The fourth-order valence-electron chi connectivity index (χ4n) is 2.62. The van der Waals surface area contributed by atoms with E-state index in [9.17, 15) is 9.59 Å². The maximum absolute atomic E-state index is 12.5. The van der Waals surface area contributed by atoms with Gasteiger partial charge in [-0.05, 0) is 49.2 Å². The second-order valence-electron chi connectivity index (χ2n) is 6.36. The summed E-state index contributed by atoms with van der Waals surface area (Å²) in [5, 5.41) is 2.77. The molecule has 0 bridgehead atoms. The molecular formula is C21H21N5O2. The van der Waals surface area contributed by atoms with Crippen molar-refractivity contribution >= 4 is 23.3 Å². The Kier molecular flexibility index (Phi) is 6.06. The number of likely N-dealkylation sites (N-methyl/N-ethyl adjacent to an activating group) is 1. The zero-order valence-electron chi connectivity index (χ0n) is 15.8. The van der Waals surface area contributed by atoms with Gasteiger partial charge in [0.15, 0.2) is 5.78 Å². The monoisotopic (exact) mass is 375 g/mol. The van der Waals surface area contributed by atoms with Crippen molar-refractivity contribution in [2.24, 2.45) is 0 Å². The van der Waals surface area contributed by atoms with Crippen molar-refractivity contribution < 1.29 is 9.59 Å². The molecule has 2 heterocycles. The van der Waals surface area contributed by atoms with Crippen LogP contribution in [0.1, 0.15) is 33.3 Å². The number of pyridine rings is 1. The summed E-state index contributed by atoms with van der Waals surface area (Å²) >= 11 is 0. The predicted octanol–water partition coefficient (Wildman–Crippen LogP) is 3.01. The number of aromatic nitrogens is 3. The van der Waals surface area contributed by atoms with Crippen LogP contribution in [0, 0.1) is 0 Å². The molecule has 0 aliphatic heterocycles. The largest absolute Gasteiger partial charge is 0.344 e. The Morgan fingerprint density at radius 1 is 1.07 bits per heavy atom. The zero-order valence-corrected chi connectivity index (χ0v) is 15.8. The molecule has 3 rings (SSSR count). The number of hydrogen-bond acceptors (Lipinski definition) is 6. The molecule has 0 spiro atoms. The van der Waals surface area contributed by atoms with Crippen molar-refractivity contribution in [2.75, 3.05) is 23.8 Å². The minimum Gasteiger partial charge on any atom is -0.344 e. The van der Waals surface area contributed by atoms with E-state index in [4.69, 9.17) is 0 Å². The fraction of sp³-hybridized carbons (Fsp3) is 0.190. The van der Waals surface area contributed by atoms with Crippen LogP contribution in [-0.4, -0.2) is 40.2 Å².